The smallest absolute Gasteiger partial charge is 0.193 e. The molecule has 1 atom stereocenters. The van der Waals surface area contributed by atoms with Crippen LogP contribution in [-0.4, -0.2) is 80.3 Å². The van der Waals surface area contributed by atoms with Crippen LogP contribution in [0.2, 0.25) is 0 Å². The fraction of sp³-hybridized carbons (Fsp3) is 0.650. The lowest BCUT2D eigenvalue weighted by Gasteiger charge is -2.38. The molecule has 26 heavy (non-hydrogen) atoms. The molecule has 0 spiro atoms. The van der Waals surface area contributed by atoms with Crippen molar-refractivity contribution in [3.63, 3.8) is 0 Å². The second-order valence-corrected chi connectivity index (χ2v) is 7.48. The van der Waals surface area contributed by atoms with Gasteiger partial charge in [0.15, 0.2) is 5.96 Å². The standard InChI is InChI=1S/C20H33N5O/c1-17-6-5-10-23(16-17)11-9-22-20(21-2)25-14-12-24(13-15-25)18-7-3-4-8-19(18)26/h3-4,7-8,17,26H,5-6,9-16H2,1-2H3,(H,21,22). The van der Waals surface area contributed by atoms with E-state index in [1.807, 2.05) is 25.2 Å². The van der Waals surface area contributed by atoms with E-state index in [1.165, 1.54) is 25.9 Å². The van der Waals surface area contributed by atoms with Gasteiger partial charge in [-0.25, -0.2) is 0 Å². The first-order valence-electron chi connectivity index (χ1n) is 9.88. The SMILES string of the molecule is CN=C(NCCN1CCCC(C)C1)N1CCN(c2ccccc2O)CC1. The molecular formula is C20H33N5O. The highest BCUT2D eigenvalue weighted by atomic mass is 16.3. The Morgan fingerprint density at radius 3 is 2.65 bits per heavy atom. The van der Waals surface area contributed by atoms with Gasteiger partial charge in [0.1, 0.15) is 5.75 Å². The first-order valence-corrected chi connectivity index (χ1v) is 9.88. The average Bonchev–Trinajstić information content (AvgIpc) is 2.66. The van der Waals surface area contributed by atoms with Crippen molar-refractivity contribution >= 4 is 11.6 Å². The summed E-state index contributed by atoms with van der Waals surface area (Å²) in [6.45, 7) is 10.4. The molecule has 0 aliphatic carbocycles. The monoisotopic (exact) mass is 359 g/mol. The Morgan fingerprint density at radius 1 is 1.19 bits per heavy atom. The molecule has 144 valence electrons. The summed E-state index contributed by atoms with van der Waals surface area (Å²) in [5.74, 6) is 2.18. The molecule has 0 radical (unpaired) electrons. The minimum Gasteiger partial charge on any atom is -0.506 e. The summed E-state index contributed by atoms with van der Waals surface area (Å²) in [4.78, 5) is 11.6. The van der Waals surface area contributed by atoms with Crippen molar-refractivity contribution in [1.82, 2.24) is 15.1 Å². The van der Waals surface area contributed by atoms with E-state index in [0.29, 0.717) is 5.75 Å². The molecule has 2 aliphatic rings. The summed E-state index contributed by atoms with van der Waals surface area (Å²) >= 11 is 0. The van der Waals surface area contributed by atoms with Gasteiger partial charge in [0.25, 0.3) is 0 Å². The van der Waals surface area contributed by atoms with Crippen molar-refractivity contribution in [2.24, 2.45) is 10.9 Å². The normalized spacial score (nSPS) is 22.5. The zero-order chi connectivity index (χ0) is 18.4. The van der Waals surface area contributed by atoms with E-state index >= 15 is 0 Å². The second-order valence-electron chi connectivity index (χ2n) is 7.48. The van der Waals surface area contributed by atoms with Crippen LogP contribution in [0.5, 0.6) is 5.75 Å². The van der Waals surface area contributed by atoms with Crippen LogP contribution in [0.1, 0.15) is 19.8 Å². The summed E-state index contributed by atoms with van der Waals surface area (Å²) < 4.78 is 0. The van der Waals surface area contributed by atoms with Gasteiger partial charge in [-0.05, 0) is 37.4 Å². The van der Waals surface area contributed by atoms with Gasteiger partial charge in [-0.2, -0.15) is 0 Å². The first-order chi connectivity index (χ1) is 12.7. The summed E-state index contributed by atoms with van der Waals surface area (Å²) in [5, 5.41) is 13.6. The van der Waals surface area contributed by atoms with Gasteiger partial charge in [0, 0.05) is 52.9 Å². The maximum Gasteiger partial charge on any atom is 0.193 e. The zero-order valence-electron chi connectivity index (χ0n) is 16.2. The number of guanidine groups is 1. The van der Waals surface area contributed by atoms with Gasteiger partial charge in [0.2, 0.25) is 0 Å². The molecule has 3 rings (SSSR count). The van der Waals surface area contributed by atoms with Gasteiger partial charge in [-0.1, -0.05) is 19.1 Å². The number of aromatic hydroxyl groups is 1. The minimum absolute atomic E-state index is 0.360. The molecule has 0 bridgehead atoms. The van der Waals surface area contributed by atoms with Crippen LogP contribution in [-0.2, 0) is 0 Å². The van der Waals surface area contributed by atoms with Crippen LogP contribution in [0.25, 0.3) is 0 Å². The lowest BCUT2D eigenvalue weighted by Crippen LogP contribution is -2.53. The van der Waals surface area contributed by atoms with E-state index < -0.39 is 0 Å². The molecule has 1 unspecified atom stereocenters. The van der Waals surface area contributed by atoms with Crippen LogP contribution >= 0.6 is 0 Å². The van der Waals surface area contributed by atoms with Crippen LogP contribution < -0.4 is 10.2 Å². The molecule has 1 aromatic carbocycles. The number of nitrogens with one attached hydrogen (secondary N) is 1. The fourth-order valence-corrected chi connectivity index (χ4v) is 4.04. The fourth-order valence-electron chi connectivity index (χ4n) is 4.04. The number of piperidine rings is 1. The summed E-state index contributed by atoms with van der Waals surface area (Å²) in [7, 11) is 1.86. The number of nitrogens with zero attached hydrogens (tertiary/aromatic N) is 4. The van der Waals surface area contributed by atoms with Crippen molar-refractivity contribution in [1.29, 1.82) is 0 Å². The number of hydrogen-bond acceptors (Lipinski definition) is 4. The molecule has 1 aromatic rings. The highest BCUT2D eigenvalue weighted by molar-refractivity contribution is 5.80. The Morgan fingerprint density at radius 2 is 1.96 bits per heavy atom. The Labute approximate surface area is 157 Å². The number of phenols is 1. The quantitative estimate of drug-likeness (QED) is 0.634. The number of anilines is 1. The van der Waals surface area contributed by atoms with Gasteiger partial charge in [-0.15, -0.1) is 0 Å². The number of para-hydroxylation sites is 2. The van der Waals surface area contributed by atoms with Crippen molar-refractivity contribution in [3.05, 3.63) is 24.3 Å². The molecular weight excluding hydrogens is 326 g/mol. The maximum absolute atomic E-state index is 10.0. The lowest BCUT2D eigenvalue weighted by atomic mass is 10.0. The van der Waals surface area contributed by atoms with E-state index in [0.717, 1.165) is 56.8 Å². The lowest BCUT2D eigenvalue weighted by molar-refractivity contribution is 0.186. The highest BCUT2D eigenvalue weighted by Gasteiger charge is 2.21. The number of likely N-dealkylation sites (tertiary alicyclic amines) is 1. The zero-order valence-corrected chi connectivity index (χ0v) is 16.2. The second kappa shape index (κ2) is 9.12. The minimum atomic E-state index is 0.360. The predicted molar refractivity (Wildman–Crippen MR) is 108 cm³/mol. The topological polar surface area (TPSA) is 54.3 Å². The maximum atomic E-state index is 10.0. The molecule has 0 amide bonds. The molecule has 2 aliphatic heterocycles. The summed E-state index contributed by atoms with van der Waals surface area (Å²) in [6, 6.07) is 7.58. The number of benzene rings is 1. The Balaban J connectivity index is 1.44. The third-order valence-electron chi connectivity index (χ3n) is 5.47. The third kappa shape index (κ3) is 4.81. The van der Waals surface area contributed by atoms with E-state index in [2.05, 4.69) is 31.9 Å². The summed E-state index contributed by atoms with van der Waals surface area (Å²) in [6.07, 6.45) is 2.69. The van der Waals surface area contributed by atoms with E-state index in [4.69, 9.17) is 0 Å². The van der Waals surface area contributed by atoms with Crippen LogP contribution in [0.15, 0.2) is 29.3 Å². The largest absolute Gasteiger partial charge is 0.506 e. The van der Waals surface area contributed by atoms with E-state index in [1.54, 1.807) is 6.07 Å². The molecule has 6 heteroatoms. The van der Waals surface area contributed by atoms with Crippen LogP contribution in [0, 0.1) is 5.92 Å². The van der Waals surface area contributed by atoms with Gasteiger partial charge < -0.3 is 25.1 Å². The Hall–Kier alpha value is -1.95. The van der Waals surface area contributed by atoms with Crippen LogP contribution in [0.4, 0.5) is 5.69 Å². The third-order valence-corrected chi connectivity index (χ3v) is 5.47. The van der Waals surface area contributed by atoms with Crippen molar-refractivity contribution in [2.45, 2.75) is 19.8 Å². The first kappa shape index (κ1) is 18.8. The highest BCUT2D eigenvalue weighted by Crippen LogP contribution is 2.27. The summed E-state index contributed by atoms with van der Waals surface area (Å²) in [5.41, 5.74) is 0.925. The molecule has 0 saturated carbocycles. The molecule has 6 nitrogen and oxygen atoms in total. The van der Waals surface area contributed by atoms with Crippen LogP contribution in [0.3, 0.4) is 0 Å². The number of hydrogen-bond donors (Lipinski definition) is 2. The molecule has 2 heterocycles. The molecule has 0 aromatic heterocycles. The van der Waals surface area contributed by atoms with Crippen molar-refractivity contribution in [2.75, 3.05) is 64.3 Å². The molecule has 2 fully saturated rings. The van der Waals surface area contributed by atoms with E-state index in [-0.39, 0.29) is 0 Å². The predicted octanol–water partition coefficient (Wildman–Crippen LogP) is 1.82. The number of rotatable bonds is 4. The van der Waals surface area contributed by atoms with Crippen molar-refractivity contribution < 1.29 is 5.11 Å². The van der Waals surface area contributed by atoms with Crippen molar-refractivity contribution in [3.8, 4) is 5.75 Å². The van der Waals surface area contributed by atoms with Gasteiger partial charge in [-0.3, -0.25) is 4.99 Å². The number of aliphatic imine (C=N–C) groups is 1. The van der Waals surface area contributed by atoms with Gasteiger partial charge >= 0.3 is 0 Å². The number of phenolic OH excluding ortho intramolecular Hbond substituents is 1. The average molecular weight is 360 g/mol. The number of piperazine rings is 1. The Bertz CT molecular complexity index is 598. The molecule has 2 saturated heterocycles. The van der Waals surface area contributed by atoms with Gasteiger partial charge in [0.05, 0.1) is 5.69 Å². The van der Waals surface area contributed by atoms with E-state index in [9.17, 15) is 5.11 Å². The Kier molecular flexibility index (Phi) is 6.61. The molecule has 2 N–H and O–H groups in total.